The van der Waals surface area contributed by atoms with Crippen molar-refractivity contribution in [2.45, 2.75) is 31.8 Å². The summed E-state index contributed by atoms with van der Waals surface area (Å²) in [4.78, 5) is 16.8. The minimum Gasteiger partial charge on any atom is -0.332 e. The summed E-state index contributed by atoms with van der Waals surface area (Å²) >= 11 is 0. The Kier molecular flexibility index (Phi) is 5.16. The van der Waals surface area contributed by atoms with Crippen LogP contribution in [0.3, 0.4) is 0 Å². The minimum atomic E-state index is 0.203. The van der Waals surface area contributed by atoms with Crippen LogP contribution < -0.4 is 5.32 Å². The third-order valence-corrected chi connectivity index (χ3v) is 3.95. The van der Waals surface area contributed by atoms with Gasteiger partial charge >= 0.3 is 0 Å². The van der Waals surface area contributed by atoms with Gasteiger partial charge in [-0.3, -0.25) is 9.69 Å². The highest BCUT2D eigenvalue weighted by atomic mass is 16.2. The first kappa shape index (κ1) is 14.3. The Bertz CT molecular complexity index is 347. The molecule has 0 spiro atoms. The molecule has 0 bridgehead atoms. The molecule has 106 valence electrons. The number of carbonyl (C=O) groups is 1. The maximum Gasteiger partial charge on any atom is 0.237 e. The van der Waals surface area contributed by atoms with Crippen molar-refractivity contribution in [1.82, 2.24) is 15.1 Å². The van der Waals surface area contributed by atoms with Crippen molar-refractivity contribution < 1.29 is 4.79 Å². The van der Waals surface area contributed by atoms with Crippen LogP contribution in [0, 0.1) is 0 Å². The number of hydrogen-bond acceptors (Lipinski definition) is 3. The minimum absolute atomic E-state index is 0.203. The van der Waals surface area contributed by atoms with E-state index < -0.39 is 0 Å². The number of nitrogens with one attached hydrogen (secondary N) is 1. The van der Waals surface area contributed by atoms with Gasteiger partial charge in [-0.2, -0.15) is 0 Å². The molecule has 0 aromatic heterocycles. The zero-order valence-electron chi connectivity index (χ0n) is 11.8. The second-order valence-corrected chi connectivity index (χ2v) is 5.41. The van der Waals surface area contributed by atoms with Gasteiger partial charge in [0.05, 0.1) is 6.54 Å². The summed E-state index contributed by atoms with van der Waals surface area (Å²) in [5, 5.41) is 3.31. The van der Waals surface area contributed by atoms with Crippen LogP contribution >= 0.6 is 0 Å². The summed E-state index contributed by atoms with van der Waals surface area (Å²) in [6.07, 6.45) is 8.07. The molecular formula is C15H25N3O. The second kappa shape index (κ2) is 6.87. The van der Waals surface area contributed by atoms with Gasteiger partial charge in [-0.15, -0.1) is 6.58 Å². The average molecular weight is 263 g/mol. The summed E-state index contributed by atoms with van der Waals surface area (Å²) in [6.45, 7) is 10.4. The molecule has 2 atom stereocenters. The summed E-state index contributed by atoms with van der Waals surface area (Å²) < 4.78 is 0. The highest BCUT2D eigenvalue weighted by Gasteiger charge is 2.29. The topological polar surface area (TPSA) is 35.6 Å². The summed E-state index contributed by atoms with van der Waals surface area (Å²) in [6, 6.07) is 0.488. The molecule has 1 saturated heterocycles. The highest BCUT2D eigenvalue weighted by Crippen LogP contribution is 2.20. The van der Waals surface area contributed by atoms with E-state index in [-0.39, 0.29) is 18.0 Å². The van der Waals surface area contributed by atoms with Crippen molar-refractivity contribution in [2.24, 2.45) is 0 Å². The Hall–Kier alpha value is -1.13. The Morgan fingerprint density at radius 1 is 1.47 bits per heavy atom. The van der Waals surface area contributed by atoms with Crippen molar-refractivity contribution in [2.75, 3.05) is 32.7 Å². The lowest BCUT2D eigenvalue weighted by molar-refractivity contribution is -0.136. The summed E-state index contributed by atoms with van der Waals surface area (Å²) in [5.74, 6) is 0.255. The molecule has 0 aliphatic carbocycles. The molecule has 1 fully saturated rings. The van der Waals surface area contributed by atoms with Gasteiger partial charge < -0.3 is 10.2 Å². The van der Waals surface area contributed by atoms with Gasteiger partial charge in [0.15, 0.2) is 0 Å². The molecule has 0 unspecified atom stereocenters. The maximum atomic E-state index is 12.6. The molecular weight excluding hydrogens is 238 g/mol. The van der Waals surface area contributed by atoms with E-state index in [9.17, 15) is 4.79 Å². The van der Waals surface area contributed by atoms with E-state index in [1.54, 1.807) is 0 Å². The number of piperazine rings is 1. The van der Waals surface area contributed by atoms with E-state index in [1.807, 2.05) is 11.0 Å². The molecule has 0 radical (unpaired) electrons. The first-order valence-electron chi connectivity index (χ1n) is 7.24. The normalized spacial score (nSPS) is 28.4. The van der Waals surface area contributed by atoms with Crippen LogP contribution in [0.2, 0.25) is 0 Å². The monoisotopic (exact) mass is 263 g/mol. The van der Waals surface area contributed by atoms with E-state index in [0.717, 1.165) is 39.0 Å². The van der Waals surface area contributed by atoms with Crippen LogP contribution in [0.1, 0.15) is 19.8 Å². The average Bonchev–Trinajstić information content (AvgIpc) is 2.40. The van der Waals surface area contributed by atoms with Crippen LogP contribution in [0.15, 0.2) is 24.8 Å². The molecule has 2 rings (SSSR count). The van der Waals surface area contributed by atoms with Gasteiger partial charge in [-0.1, -0.05) is 18.2 Å². The van der Waals surface area contributed by atoms with Crippen molar-refractivity contribution in [3.63, 3.8) is 0 Å². The van der Waals surface area contributed by atoms with E-state index >= 15 is 0 Å². The number of hydrogen-bond donors (Lipinski definition) is 1. The Morgan fingerprint density at radius 3 is 2.89 bits per heavy atom. The fraction of sp³-hybridized carbons (Fsp3) is 0.667. The maximum absolute atomic E-state index is 12.6. The van der Waals surface area contributed by atoms with Gasteiger partial charge in [0.1, 0.15) is 0 Å². The van der Waals surface area contributed by atoms with Crippen molar-refractivity contribution in [3.05, 3.63) is 24.8 Å². The fourth-order valence-electron chi connectivity index (χ4n) is 2.95. The summed E-state index contributed by atoms with van der Waals surface area (Å²) in [5.41, 5.74) is 0. The molecule has 4 heteroatoms. The smallest absolute Gasteiger partial charge is 0.237 e. The number of amides is 1. The second-order valence-electron chi connectivity index (χ2n) is 5.41. The highest BCUT2D eigenvalue weighted by molar-refractivity contribution is 5.79. The van der Waals surface area contributed by atoms with E-state index in [0.29, 0.717) is 6.54 Å². The molecule has 0 aromatic carbocycles. The first-order valence-corrected chi connectivity index (χ1v) is 7.24. The van der Waals surface area contributed by atoms with Crippen molar-refractivity contribution >= 4 is 5.91 Å². The number of nitrogens with zero attached hydrogens (tertiary/aromatic N) is 2. The van der Waals surface area contributed by atoms with Crippen LogP contribution in [0.25, 0.3) is 0 Å². The predicted octanol–water partition coefficient (Wildman–Crippen LogP) is 1.01. The molecule has 2 aliphatic rings. The first-order chi connectivity index (χ1) is 9.22. The predicted molar refractivity (Wildman–Crippen MR) is 78.0 cm³/mol. The molecule has 2 aliphatic heterocycles. The molecule has 2 heterocycles. The number of carbonyl (C=O) groups excluding carboxylic acids is 1. The quantitative estimate of drug-likeness (QED) is 0.769. The lowest BCUT2D eigenvalue weighted by atomic mass is 10.00. The third kappa shape index (κ3) is 3.67. The van der Waals surface area contributed by atoms with Crippen LogP contribution in [-0.2, 0) is 4.79 Å². The molecule has 19 heavy (non-hydrogen) atoms. The van der Waals surface area contributed by atoms with Gasteiger partial charge in [0.25, 0.3) is 0 Å². The van der Waals surface area contributed by atoms with Crippen molar-refractivity contribution in [3.8, 4) is 0 Å². The molecule has 1 amide bonds. The Labute approximate surface area is 116 Å². The van der Waals surface area contributed by atoms with Gasteiger partial charge in [0.2, 0.25) is 5.91 Å². The third-order valence-electron chi connectivity index (χ3n) is 3.95. The Morgan fingerprint density at radius 2 is 2.21 bits per heavy atom. The molecule has 4 nitrogen and oxygen atoms in total. The van der Waals surface area contributed by atoms with Crippen molar-refractivity contribution in [1.29, 1.82) is 0 Å². The lowest BCUT2D eigenvalue weighted by Gasteiger charge is -2.39. The van der Waals surface area contributed by atoms with E-state index in [4.69, 9.17) is 0 Å². The van der Waals surface area contributed by atoms with Gasteiger partial charge in [-0.05, 0) is 19.8 Å². The fourth-order valence-corrected chi connectivity index (χ4v) is 2.95. The van der Waals surface area contributed by atoms with E-state index in [2.05, 4.69) is 35.9 Å². The van der Waals surface area contributed by atoms with Gasteiger partial charge in [-0.25, -0.2) is 0 Å². The lowest BCUT2D eigenvalue weighted by Crippen LogP contribution is -2.53. The zero-order chi connectivity index (χ0) is 13.7. The van der Waals surface area contributed by atoms with Crippen LogP contribution in [-0.4, -0.2) is 60.5 Å². The zero-order valence-corrected chi connectivity index (χ0v) is 11.8. The molecule has 0 aromatic rings. The standard InChI is InChI=1S/C15H25N3O/c1-3-5-14-7-4-6-13(2)18(14)15(19)12-17-10-8-16-9-11-17/h3-4,6,13-14,16H,1,5,7-12H2,2H3/t13-,14-/m1/s1. The van der Waals surface area contributed by atoms with E-state index in [1.165, 1.54) is 0 Å². The molecule has 1 N–H and O–H groups in total. The van der Waals surface area contributed by atoms with Gasteiger partial charge in [0, 0.05) is 38.3 Å². The van der Waals surface area contributed by atoms with Crippen LogP contribution in [0.5, 0.6) is 0 Å². The Balaban J connectivity index is 1.97. The molecule has 0 saturated carbocycles. The van der Waals surface area contributed by atoms with Crippen LogP contribution in [0.4, 0.5) is 0 Å². The largest absolute Gasteiger partial charge is 0.332 e. The summed E-state index contributed by atoms with van der Waals surface area (Å²) in [7, 11) is 0. The SMILES string of the molecule is C=CC[C@@H]1CC=C[C@@H](C)N1C(=O)CN1CCNCC1. The number of rotatable bonds is 4.